The zero-order chi connectivity index (χ0) is 16.2. The van der Waals surface area contributed by atoms with Crippen molar-refractivity contribution in [1.29, 1.82) is 0 Å². The Morgan fingerprint density at radius 3 is 2.87 bits per heavy atom. The third-order valence-electron chi connectivity index (χ3n) is 4.52. The second kappa shape index (κ2) is 7.02. The lowest BCUT2D eigenvalue weighted by atomic mass is 9.84. The van der Waals surface area contributed by atoms with E-state index in [9.17, 15) is 9.59 Å². The Hall–Kier alpha value is -2.05. The summed E-state index contributed by atoms with van der Waals surface area (Å²) in [5.41, 5.74) is 1.84. The van der Waals surface area contributed by atoms with Gasteiger partial charge in [0.25, 0.3) is 0 Å². The number of amides is 2. The zero-order valence-corrected chi connectivity index (χ0v) is 13.6. The number of nitrogens with zero attached hydrogens (tertiary/aromatic N) is 3. The maximum absolute atomic E-state index is 12.5. The summed E-state index contributed by atoms with van der Waals surface area (Å²) in [7, 11) is 0. The molecule has 1 saturated carbocycles. The molecule has 2 amide bonds. The summed E-state index contributed by atoms with van der Waals surface area (Å²) < 4.78 is 6.80. The first-order chi connectivity index (χ1) is 11.2. The van der Waals surface area contributed by atoms with Crippen molar-refractivity contribution in [2.45, 2.75) is 52.2 Å². The Labute approximate surface area is 136 Å². The van der Waals surface area contributed by atoms with E-state index in [-0.39, 0.29) is 11.8 Å². The smallest absolute Gasteiger partial charge is 0.407 e. The summed E-state index contributed by atoms with van der Waals surface area (Å²) in [5.74, 6) is 0.520. The average molecular weight is 320 g/mol. The highest BCUT2D eigenvalue weighted by Gasteiger charge is 2.30. The van der Waals surface area contributed by atoms with Gasteiger partial charge in [0.2, 0.25) is 5.91 Å². The molecule has 3 rings (SSSR count). The van der Waals surface area contributed by atoms with Crippen molar-refractivity contribution in [2.75, 3.05) is 13.2 Å². The van der Waals surface area contributed by atoms with Gasteiger partial charge in [0, 0.05) is 19.0 Å². The predicted octanol–water partition coefficient (Wildman–Crippen LogP) is 1.66. The van der Waals surface area contributed by atoms with Crippen LogP contribution in [0.2, 0.25) is 0 Å². The summed E-state index contributed by atoms with van der Waals surface area (Å²) in [6.07, 6.45) is 3.72. The van der Waals surface area contributed by atoms with Gasteiger partial charge in [0.15, 0.2) is 0 Å². The summed E-state index contributed by atoms with van der Waals surface area (Å²) >= 11 is 0. The predicted molar refractivity (Wildman–Crippen MR) is 83.5 cm³/mol. The molecule has 2 heterocycles. The monoisotopic (exact) mass is 320 g/mol. The van der Waals surface area contributed by atoms with Crippen LogP contribution in [0.3, 0.4) is 0 Å². The fourth-order valence-corrected chi connectivity index (χ4v) is 3.05. The third kappa shape index (κ3) is 3.65. The minimum atomic E-state index is -0.433. The Bertz CT molecular complexity index is 580. The lowest BCUT2D eigenvalue weighted by Crippen LogP contribution is -2.38. The molecular formula is C16H24N4O3. The second-order valence-corrected chi connectivity index (χ2v) is 6.17. The van der Waals surface area contributed by atoms with Gasteiger partial charge >= 0.3 is 6.09 Å². The molecule has 1 aliphatic heterocycles. The summed E-state index contributed by atoms with van der Waals surface area (Å²) in [4.78, 5) is 25.8. The van der Waals surface area contributed by atoms with E-state index in [0.29, 0.717) is 19.7 Å². The molecule has 7 heteroatoms. The van der Waals surface area contributed by atoms with Gasteiger partial charge in [-0.05, 0) is 32.3 Å². The number of carbonyl (C=O) groups is 2. The maximum Gasteiger partial charge on any atom is 0.407 e. The molecule has 0 saturated heterocycles. The van der Waals surface area contributed by atoms with Crippen molar-refractivity contribution < 1.29 is 14.3 Å². The molecule has 1 aromatic heterocycles. The lowest BCUT2D eigenvalue weighted by molar-refractivity contribution is -0.138. The van der Waals surface area contributed by atoms with Crippen LogP contribution < -0.4 is 5.32 Å². The molecule has 126 valence electrons. The lowest BCUT2D eigenvalue weighted by Gasteiger charge is -2.30. The van der Waals surface area contributed by atoms with Crippen LogP contribution in [0.4, 0.5) is 4.79 Å². The molecular weight excluding hydrogens is 296 g/mol. The van der Waals surface area contributed by atoms with Gasteiger partial charge in [0.1, 0.15) is 0 Å². The van der Waals surface area contributed by atoms with E-state index >= 15 is 0 Å². The largest absolute Gasteiger partial charge is 0.450 e. The van der Waals surface area contributed by atoms with Crippen LogP contribution in [0.25, 0.3) is 0 Å². The molecule has 23 heavy (non-hydrogen) atoms. The van der Waals surface area contributed by atoms with Crippen molar-refractivity contribution in [1.82, 2.24) is 20.0 Å². The molecule has 1 aromatic rings. The van der Waals surface area contributed by atoms with Gasteiger partial charge in [-0.3, -0.25) is 9.48 Å². The van der Waals surface area contributed by atoms with E-state index in [1.54, 1.807) is 6.92 Å². The molecule has 7 nitrogen and oxygen atoms in total. The van der Waals surface area contributed by atoms with Crippen molar-refractivity contribution in [3.63, 3.8) is 0 Å². The van der Waals surface area contributed by atoms with E-state index in [0.717, 1.165) is 43.7 Å². The van der Waals surface area contributed by atoms with Crippen molar-refractivity contribution in [3.8, 4) is 0 Å². The first-order valence-corrected chi connectivity index (χ1v) is 8.42. The first-order valence-electron chi connectivity index (χ1n) is 8.42. The second-order valence-electron chi connectivity index (χ2n) is 6.17. The van der Waals surface area contributed by atoms with Crippen molar-refractivity contribution in [2.24, 2.45) is 5.92 Å². The molecule has 2 aliphatic rings. The highest BCUT2D eigenvalue weighted by atomic mass is 16.5. The number of alkyl carbamates (subject to hydrolysis) is 1. The van der Waals surface area contributed by atoms with Crippen molar-refractivity contribution >= 4 is 12.0 Å². The van der Waals surface area contributed by atoms with Gasteiger partial charge in [-0.25, -0.2) is 4.79 Å². The minimum absolute atomic E-state index is 0.231. The van der Waals surface area contributed by atoms with E-state index in [2.05, 4.69) is 10.4 Å². The number of aryl methyl sites for hydroxylation is 1. The summed E-state index contributed by atoms with van der Waals surface area (Å²) in [6.45, 7) is 4.69. The molecule has 0 atom stereocenters. The van der Waals surface area contributed by atoms with Crippen LogP contribution in [0.15, 0.2) is 6.07 Å². The molecule has 0 radical (unpaired) electrons. The topological polar surface area (TPSA) is 76.5 Å². The van der Waals surface area contributed by atoms with Gasteiger partial charge in [-0.2, -0.15) is 5.10 Å². The number of hydrogen-bond acceptors (Lipinski definition) is 4. The van der Waals surface area contributed by atoms with E-state index in [1.807, 2.05) is 15.6 Å². The van der Waals surface area contributed by atoms with Gasteiger partial charge < -0.3 is 15.0 Å². The Balaban J connectivity index is 1.62. The highest BCUT2D eigenvalue weighted by Crippen LogP contribution is 2.29. The van der Waals surface area contributed by atoms with Crippen LogP contribution in [-0.4, -0.2) is 39.8 Å². The Morgan fingerprint density at radius 2 is 2.17 bits per heavy atom. The number of rotatable bonds is 4. The molecule has 0 unspecified atom stereocenters. The zero-order valence-electron chi connectivity index (χ0n) is 13.6. The van der Waals surface area contributed by atoms with Crippen LogP contribution in [0.5, 0.6) is 0 Å². The third-order valence-corrected chi connectivity index (χ3v) is 4.52. The highest BCUT2D eigenvalue weighted by molar-refractivity contribution is 5.79. The molecule has 0 bridgehead atoms. The van der Waals surface area contributed by atoms with Gasteiger partial charge in [0.05, 0.1) is 31.1 Å². The fourth-order valence-electron chi connectivity index (χ4n) is 3.05. The van der Waals surface area contributed by atoms with Crippen LogP contribution in [0.1, 0.15) is 44.0 Å². The average Bonchev–Trinajstić information content (AvgIpc) is 2.74. The number of fused-ring (bicyclic) bond motifs is 1. The Morgan fingerprint density at radius 1 is 1.35 bits per heavy atom. The fraction of sp³-hybridized carbons (Fsp3) is 0.688. The molecule has 1 aliphatic carbocycles. The SMILES string of the molecule is CCOC(=O)NCc1cc2n(n1)CCCN(C(=O)C1CCC1)C2. The standard InChI is InChI=1S/C16H24N4O3/c1-2-23-16(22)17-10-13-9-14-11-19(7-4-8-20(14)18-13)15(21)12-5-3-6-12/h9,12H,2-8,10-11H2,1H3,(H,17,22). The molecule has 1 N–H and O–H groups in total. The van der Waals surface area contributed by atoms with E-state index in [1.165, 1.54) is 6.42 Å². The number of carbonyl (C=O) groups excluding carboxylic acids is 2. The van der Waals surface area contributed by atoms with Gasteiger partial charge in [-0.15, -0.1) is 0 Å². The first kappa shape index (κ1) is 15.8. The van der Waals surface area contributed by atoms with Crippen LogP contribution in [0, 0.1) is 5.92 Å². The van der Waals surface area contributed by atoms with Crippen molar-refractivity contribution in [3.05, 3.63) is 17.5 Å². The number of nitrogens with one attached hydrogen (secondary N) is 1. The van der Waals surface area contributed by atoms with E-state index < -0.39 is 6.09 Å². The van der Waals surface area contributed by atoms with Gasteiger partial charge in [-0.1, -0.05) is 6.42 Å². The van der Waals surface area contributed by atoms with Crippen LogP contribution in [-0.2, 0) is 29.2 Å². The summed E-state index contributed by atoms with van der Waals surface area (Å²) in [5, 5.41) is 7.20. The van der Waals surface area contributed by atoms with Crippen LogP contribution >= 0.6 is 0 Å². The molecule has 0 spiro atoms. The molecule has 1 fully saturated rings. The maximum atomic E-state index is 12.5. The number of hydrogen-bond donors (Lipinski definition) is 1. The quantitative estimate of drug-likeness (QED) is 0.915. The Kier molecular flexibility index (Phi) is 4.83. The number of ether oxygens (including phenoxy) is 1. The summed E-state index contributed by atoms with van der Waals surface area (Å²) in [6, 6.07) is 1.97. The normalized spacial score (nSPS) is 17.9. The minimum Gasteiger partial charge on any atom is -0.450 e. The number of aromatic nitrogens is 2. The van der Waals surface area contributed by atoms with E-state index in [4.69, 9.17) is 4.74 Å². The molecule has 0 aromatic carbocycles.